The highest BCUT2D eigenvalue weighted by Crippen LogP contribution is 2.26. The van der Waals surface area contributed by atoms with Crippen molar-refractivity contribution in [3.63, 3.8) is 0 Å². The van der Waals surface area contributed by atoms with Crippen LogP contribution < -0.4 is 10.6 Å². The fraction of sp³-hybridized carbons (Fsp3) is 0.667. The van der Waals surface area contributed by atoms with Crippen molar-refractivity contribution in [2.75, 3.05) is 44.1 Å². The van der Waals surface area contributed by atoms with E-state index in [4.69, 9.17) is 5.73 Å². The number of hydrogen-bond donors (Lipinski definition) is 1. The van der Waals surface area contributed by atoms with Crippen molar-refractivity contribution >= 4 is 23.4 Å². The van der Waals surface area contributed by atoms with Crippen LogP contribution in [0.5, 0.6) is 0 Å². The number of nitrogens with two attached hydrogens (primary N) is 1. The molecule has 0 spiro atoms. The van der Waals surface area contributed by atoms with Crippen LogP contribution in [0.15, 0.2) is 11.2 Å². The Morgan fingerprint density at radius 3 is 2.94 bits per heavy atom. The van der Waals surface area contributed by atoms with Gasteiger partial charge in [0.25, 0.3) is 0 Å². The zero-order valence-electron chi connectivity index (χ0n) is 11.3. The molecule has 100 valence electrons. The number of thioether (sulfide) groups is 1. The van der Waals surface area contributed by atoms with Crippen molar-refractivity contribution in [3.8, 4) is 0 Å². The summed E-state index contributed by atoms with van der Waals surface area (Å²) in [5.74, 6) is 1.52. The summed E-state index contributed by atoms with van der Waals surface area (Å²) in [6.07, 6.45) is 4.41. The molecule has 1 aromatic heterocycles. The number of nitrogens with zero attached hydrogens (tertiary/aromatic N) is 4. The Morgan fingerprint density at radius 2 is 2.28 bits per heavy atom. The Bertz CT molecular complexity index is 409. The third-order valence-corrected chi connectivity index (χ3v) is 3.69. The van der Waals surface area contributed by atoms with E-state index < -0.39 is 0 Å². The first-order valence-corrected chi connectivity index (χ1v) is 7.42. The third kappa shape index (κ3) is 3.05. The zero-order chi connectivity index (χ0) is 13.1. The highest BCUT2D eigenvalue weighted by Gasteiger charge is 2.26. The maximum absolute atomic E-state index is 5.85. The van der Waals surface area contributed by atoms with Crippen LogP contribution in [0.4, 0.5) is 11.6 Å². The van der Waals surface area contributed by atoms with Crippen LogP contribution in [0.1, 0.15) is 12.8 Å². The van der Waals surface area contributed by atoms with Gasteiger partial charge in [-0.15, -0.1) is 0 Å². The molecule has 2 rings (SSSR count). The van der Waals surface area contributed by atoms with Crippen LogP contribution in [0.3, 0.4) is 0 Å². The molecule has 0 aromatic carbocycles. The molecule has 18 heavy (non-hydrogen) atoms. The molecule has 6 heteroatoms. The number of rotatable bonds is 4. The Balaban J connectivity index is 2.21. The number of hydrogen-bond acceptors (Lipinski definition) is 6. The highest BCUT2D eigenvalue weighted by molar-refractivity contribution is 7.98. The predicted octanol–water partition coefficient (Wildman–Crippen LogP) is 1.31. The van der Waals surface area contributed by atoms with E-state index in [2.05, 4.69) is 33.9 Å². The second-order valence-electron chi connectivity index (χ2n) is 4.89. The Labute approximate surface area is 113 Å². The molecule has 5 nitrogen and oxygen atoms in total. The van der Waals surface area contributed by atoms with E-state index >= 15 is 0 Å². The Kier molecular flexibility index (Phi) is 4.29. The molecule has 1 aliphatic heterocycles. The third-order valence-electron chi connectivity index (χ3n) is 3.14. The average molecular weight is 267 g/mol. The van der Waals surface area contributed by atoms with Gasteiger partial charge in [0.1, 0.15) is 11.6 Å². The molecule has 1 aromatic rings. The van der Waals surface area contributed by atoms with Crippen molar-refractivity contribution < 1.29 is 0 Å². The molecule has 0 amide bonds. The molecule has 1 aliphatic rings. The van der Waals surface area contributed by atoms with E-state index in [1.54, 1.807) is 0 Å². The van der Waals surface area contributed by atoms with Crippen LogP contribution in [-0.4, -0.2) is 54.4 Å². The second kappa shape index (κ2) is 5.75. The Hall–Kier alpha value is -1.01. The summed E-state index contributed by atoms with van der Waals surface area (Å²) < 4.78 is 0. The zero-order valence-corrected chi connectivity index (χ0v) is 12.1. The lowest BCUT2D eigenvalue weighted by Gasteiger charge is -2.28. The summed E-state index contributed by atoms with van der Waals surface area (Å²) in [5, 5.41) is 0.750. The molecular weight excluding hydrogens is 246 g/mol. The van der Waals surface area contributed by atoms with Gasteiger partial charge < -0.3 is 15.5 Å². The minimum atomic E-state index is 0.531. The normalized spacial score (nSPS) is 19.8. The van der Waals surface area contributed by atoms with Gasteiger partial charge in [-0.05, 0) is 33.2 Å². The molecule has 2 N–H and O–H groups in total. The van der Waals surface area contributed by atoms with Gasteiger partial charge in [-0.1, -0.05) is 11.8 Å². The summed E-state index contributed by atoms with van der Waals surface area (Å²) in [6, 6.07) is 2.41. The lowest BCUT2D eigenvalue weighted by molar-refractivity contribution is 0.371. The van der Waals surface area contributed by atoms with Gasteiger partial charge in [0.15, 0.2) is 5.16 Å². The average Bonchev–Trinajstić information content (AvgIpc) is 2.75. The summed E-state index contributed by atoms with van der Waals surface area (Å²) in [5.41, 5.74) is 5.85. The number of nitrogen functional groups attached to an aromatic ring is 1. The van der Waals surface area contributed by atoms with Crippen LogP contribution in [0, 0.1) is 0 Å². The Morgan fingerprint density at radius 1 is 1.50 bits per heavy atom. The van der Waals surface area contributed by atoms with E-state index in [-0.39, 0.29) is 0 Å². The van der Waals surface area contributed by atoms with Crippen molar-refractivity contribution in [2.45, 2.75) is 24.0 Å². The van der Waals surface area contributed by atoms with Crippen LogP contribution >= 0.6 is 11.8 Å². The van der Waals surface area contributed by atoms with E-state index in [1.165, 1.54) is 24.6 Å². The lowest BCUT2D eigenvalue weighted by atomic mass is 10.2. The number of anilines is 2. The first kappa shape index (κ1) is 13.4. The van der Waals surface area contributed by atoms with Gasteiger partial charge in [-0.2, -0.15) is 0 Å². The molecule has 1 saturated heterocycles. The lowest BCUT2D eigenvalue weighted by Crippen LogP contribution is -2.38. The second-order valence-corrected chi connectivity index (χ2v) is 5.66. The summed E-state index contributed by atoms with van der Waals surface area (Å²) in [7, 11) is 4.22. The van der Waals surface area contributed by atoms with Crippen molar-refractivity contribution in [1.29, 1.82) is 0 Å². The highest BCUT2D eigenvalue weighted by atomic mass is 32.2. The first-order chi connectivity index (χ1) is 8.60. The fourth-order valence-electron chi connectivity index (χ4n) is 2.42. The minimum Gasteiger partial charge on any atom is -0.383 e. The van der Waals surface area contributed by atoms with E-state index in [0.29, 0.717) is 11.9 Å². The smallest absolute Gasteiger partial charge is 0.191 e. The molecule has 1 unspecified atom stereocenters. The van der Waals surface area contributed by atoms with Crippen molar-refractivity contribution in [3.05, 3.63) is 6.07 Å². The molecule has 0 aliphatic carbocycles. The molecule has 0 radical (unpaired) electrons. The standard InChI is InChI=1S/C12H21N5S/c1-16(2)8-9-5-4-6-17(9)11-7-10(13)14-12(15-11)18-3/h7,9H,4-6,8H2,1-3H3,(H2,13,14,15). The SMILES string of the molecule is CSc1nc(N)cc(N2CCCC2CN(C)C)n1. The van der Waals surface area contributed by atoms with E-state index in [1.807, 2.05) is 12.3 Å². The van der Waals surface area contributed by atoms with Crippen LogP contribution in [-0.2, 0) is 0 Å². The molecule has 1 atom stereocenters. The van der Waals surface area contributed by atoms with E-state index in [0.717, 1.165) is 24.1 Å². The minimum absolute atomic E-state index is 0.531. The van der Waals surface area contributed by atoms with Crippen molar-refractivity contribution in [2.24, 2.45) is 0 Å². The largest absolute Gasteiger partial charge is 0.383 e. The maximum Gasteiger partial charge on any atom is 0.191 e. The molecule has 2 heterocycles. The van der Waals surface area contributed by atoms with Gasteiger partial charge in [0, 0.05) is 25.2 Å². The molecular formula is C12H21N5S. The van der Waals surface area contributed by atoms with Gasteiger partial charge in [-0.25, -0.2) is 9.97 Å². The van der Waals surface area contributed by atoms with Crippen LogP contribution in [0.25, 0.3) is 0 Å². The van der Waals surface area contributed by atoms with Gasteiger partial charge in [0.2, 0.25) is 0 Å². The predicted molar refractivity (Wildman–Crippen MR) is 77.1 cm³/mol. The van der Waals surface area contributed by atoms with Crippen molar-refractivity contribution in [1.82, 2.24) is 14.9 Å². The first-order valence-electron chi connectivity index (χ1n) is 6.20. The topological polar surface area (TPSA) is 58.3 Å². The molecule has 0 saturated carbocycles. The fourth-order valence-corrected chi connectivity index (χ4v) is 2.80. The quantitative estimate of drug-likeness (QED) is 0.656. The van der Waals surface area contributed by atoms with Gasteiger partial charge in [0.05, 0.1) is 0 Å². The van der Waals surface area contributed by atoms with Gasteiger partial charge in [-0.3, -0.25) is 0 Å². The molecule has 1 fully saturated rings. The summed E-state index contributed by atoms with van der Waals surface area (Å²) >= 11 is 1.53. The van der Waals surface area contributed by atoms with Crippen LogP contribution in [0.2, 0.25) is 0 Å². The number of aromatic nitrogens is 2. The monoisotopic (exact) mass is 267 g/mol. The van der Waals surface area contributed by atoms with E-state index in [9.17, 15) is 0 Å². The number of likely N-dealkylation sites (N-methyl/N-ethyl adjacent to an activating group) is 1. The molecule has 0 bridgehead atoms. The summed E-state index contributed by atoms with van der Waals surface area (Å²) in [6.45, 7) is 2.11. The van der Waals surface area contributed by atoms with Gasteiger partial charge >= 0.3 is 0 Å². The maximum atomic E-state index is 5.85. The summed E-state index contributed by atoms with van der Waals surface area (Å²) in [4.78, 5) is 13.4.